The Hall–Kier alpha value is -0.870. The van der Waals surface area contributed by atoms with E-state index in [0.717, 1.165) is 17.8 Å². The molecule has 0 fully saturated rings. The zero-order chi connectivity index (χ0) is 14.0. The largest absolute Gasteiger partial charge is 0.382 e. The highest BCUT2D eigenvalue weighted by Crippen LogP contribution is 2.30. The highest BCUT2D eigenvalue weighted by Gasteiger charge is 2.21. The molecule has 0 saturated heterocycles. The smallest absolute Gasteiger partial charge is 0.182 e. The van der Waals surface area contributed by atoms with Gasteiger partial charge in [0, 0.05) is 18.6 Å². The van der Waals surface area contributed by atoms with Crippen LogP contribution in [0.25, 0.3) is 0 Å². The third kappa shape index (κ3) is 3.82. The number of sulfone groups is 2. The average Bonchev–Trinajstić information content (AvgIpc) is 2.59. The molecule has 0 amide bonds. The van der Waals surface area contributed by atoms with E-state index in [0.29, 0.717) is 0 Å². The van der Waals surface area contributed by atoms with Crippen LogP contribution in [-0.2, 0) is 19.7 Å². The summed E-state index contributed by atoms with van der Waals surface area (Å²) in [6.45, 7) is 1.68. The molecular formula is C8H15N3O4S3. The van der Waals surface area contributed by atoms with Gasteiger partial charge in [0.2, 0.25) is 0 Å². The van der Waals surface area contributed by atoms with Crippen LogP contribution in [0.15, 0.2) is 4.90 Å². The molecule has 0 aromatic carbocycles. The minimum absolute atomic E-state index is 0.0540. The van der Waals surface area contributed by atoms with E-state index in [1.54, 1.807) is 6.92 Å². The summed E-state index contributed by atoms with van der Waals surface area (Å²) >= 11 is 0.901. The number of nitrogens with zero attached hydrogens (tertiary/aromatic N) is 1. The lowest BCUT2D eigenvalue weighted by Gasteiger charge is -2.05. The molecule has 1 aromatic rings. The van der Waals surface area contributed by atoms with Crippen molar-refractivity contribution < 1.29 is 16.8 Å². The maximum absolute atomic E-state index is 11.5. The third-order valence-electron chi connectivity index (χ3n) is 2.18. The van der Waals surface area contributed by atoms with Gasteiger partial charge in [-0.1, -0.05) is 6.92 Å². The van der Waals surface area contributed by atoms with Gasteiger partial charge in [0.25, 0.3) is 0 Å². The van der Waals surface area contributed by atoms with E-state index in [9.17, 15) is 16.8 Å². The topological polar surface area (TPSA) is 119 Å². The van der Waals surface area contributed by atoms with Gasteiger partial charge in [0.05, 0.1) is 5.75 Å². The van der Waals surface area contributed by atoms with Crippen LogP contribution in [0.1, 0.15) is 6.92 Å². The van der Waals surface area contributed by atoms with Gasteiger partial charge in [-0.3, -0.25) is 0 Å². The Kier molecular flexibility index (Phi) is 4.56. The summed E-state index contributed by atoms with van der Waals surface area (Å²) in [6.07, 6.45) is 1.03. The summed E-state index contributed by atoms with van der Waals surface area (Å²) in [6, 6.07) is 0. The van der Waals surface area contributed by atoms with Gasteiger partial charge in [-0.15, -0.1) is 0 Å². The Morgan fingerprint density at radius 1 is 1.33 bits per heavy atom. The van der Waals surface area contributed by atoms with Crippen LogP contribution in [0, 0.1) is 0 Å². The Labute approximate surface area is 110 Å². The first-order valence-electron chi connectivity index (χ1n) is 5.07. The number of hydrogen-bond acceptors (Lipinski definition) is 8. The fraction of sp³-hybridized carbons (Fsp3) is 0.625. The van der Waals surface area contributed by atoms with Gasteiger partial charge in [0.15, 0.2) is 25.5 Å². The van der Waals surface area contributed by atoms with Crippen LogP contribution in [0.4, 0.5) is 10.8 Å². The molecule has 104 valence electrons. The minimum atomic E-state index is -3.48. The summed E-state index contributed by atoms with van der Waals surface area (Å²) in [5.41, 5.74) is 5.47. The molecule has 0 aliphatic heterocycles. The van der Waals surface area contributed by atoms with Gasteiger partial charge < -0.3 is 11.1 Å². The SMILES string of the molecule is CCS(=O)(=O)CCNc1snc(N)c1S(C)(=O)=O. The number of nitrogen functional groups attached to an aromatic ring is 1. The minimum Gasteiger partial charge on any atom is -0.382 e. The molecule has 0 atom stereocenters. The summed E-state index contributed by atoms with van der Waals surface area (Å²) in [7, 11) is -6.57. The van der Waals surface area contributed by atoms with Crippen molar-refractivity contribution in [2.24, 2.45) is 0 Å². The van der Waals surface area contributed by atoms with Crippen LogP contribution in [0.5, 0.6) is 0 Å². The van der Waals surface area contributed by atoms with Crippen molar-refractivity contribution in [3.63, 3.8) is 0 Å². The van der Waals surface area contributed by atoms with Crippen LogP contribution in [0.3, 0.4) is 0 Å². The second kappa shape index (κ2) is 5.41. The molecule has 0 saturated carbocycles. The molecule has 0 unspecified atom stereocenters. The quantitative estimate of drug-likeness (QED) is 0.757. The Bertz CT molecular complexity index is 618. The molecule has 0 spiro atoms. The number of aromatic nitrogens is 1. The highest BCUT2D eigenvalue weighted by atomic mass is 32.2. The van der Waals surface area contributed by atoms with E-state index in [-0.39, 0.29) is 33.8 Å². The Morgan fingerprint density at radius 2 is 1.94 bits per heavy atom. The number of nitrogens with one attached hydrogen (secondary N) is 1. The lowest BCUT2D eigenvalue weighted by molar-refractivity contribution is 0.597. The maximum Gasteiger partial charge on any atom is 0.182 e. The summed E-state index contributed by atoms with van der Waals surface area (Å²) in [4.78, 5) is -0.0682. The predicted molar refractivity (Wildman–Crippen MR) is 72.5 cm³/mol. The first kappa shape index (κ1) is 15.2. The second-order valence-corrected chi connectivity index (χ2v) is 8.86. The number of rotatable bonds is 6. The molecule has 1 rings (SSSR count). The van der Waals surface area contributed by atoms with Crippen LogP contribution in [0.2, 0.25) is 0 Å². The molecule has 0 radical (unpaired) electrons. The van der Waals surface area contributed by atoms with E-state index in [4.69, 9.17) is 5.73 Å². The summed E-state index contributed by atoms with van der Waals surface area (Å²) < 4.78 is 49.3. The number of hydrogen-bond donors (Lipinski definition) is 2. The zero-order valence-corrected chi connectivity index (χ0v) is 12.5. The molecule has 7 nitrogen and oxygen atoms in total. The first-order valence-corrected chi connectivity index (χ1v) is 9.55. The molecule has 1 aromatic heterocycles. The fourth-order valence-corrected chi connectivity index (χ4v) is 4.02. The van der Waals surface area contributed by atoms with E-state index in [2.05, 4.69) is 9.69 Å². The first-order chi connectivity index (χ1) is 8.17. The van der Waals surface area contributed by atoms with Crippen molar-refractivity contribution in [3.05, 3.63) is 0 Å². The molecule has 3 N–H and O–H groups in total. The lowest BCUT2D eigenvalue weighted by atomic mass is 10.6. The van der Waals surface area contributed by atoms with E-state index in [1.807, 2.05) is 0 Å². The van der Waals surface area contributed by atoms with Crippen molar-refractivity contribution in [1.82, 2.24) is 4.37 Å². The average molecular weight is 313 g/mol. The van der Waals surface area contributed by atoms with Crippen molar-refractivity contribution in [3.8, 4) is 0 Å². The molecule has 0 aliphatic rings. The zero-order valence-electron chi connectivity index (χ0n) is 10.0. The maximum atomic E-state index is 11.5. The molecular weight excluding hydrogens is 298 g/mol. The van der Waals surface area contributed by atoms with Crippen molar-refractivity contribution >= 4 is 42.0 Å². The fourth-order valence-electron chi connectivity index (χ4n) is 1.23. The van der Waals surface area contributed by atoms with Crippen molar-refractivity contribution in [2.45, 2.75) is 11.8 Å². The molecule has 10 heteroatoms. The van der Waals surface area contributed by atoms with Crippen molar-refractivity contribution in [1.29, 1.82) is 0 Å². The summed E-state index contributed by atoms with van der Waals surface area (Å²) in [5, 5.41) is 3.03. The second-order valence-electron chi connectivity index (χ2n) is 3.66. The number of anilines is 2. The lowest BCUT2D eigenvalue weighted by Crippen LogP contribution is -2.17. The summed E-state index contributed by atoms with van der Waals surface area (Å²) in [5.74, 6) is -0.0773. The van der Waals surface area contributed by atoms with Crippen molar-refractivity contribution in [2.75, 3.05) is 35.4 Å². The van der Waals surface area contributed by atoms with Crippen LogP contribution in [-0.4, -0.2) is 45.5 Å². The van der Waals surface area contributed by atoms with Gasteiger partial charge in [0.1, 0.15) is 9.90 Å². The Morgan fingerprint density at radius 3 is 2.44 bits per heavy atom. The molecule has 18 heavy (non-hydrogen) atoms. The Balaban J connectivity index is 2.82. The van der Waals surface area contributed by atoms with Gasteiger partial charge in [-0.2, -0.15) is 4.37 Å². The van der Waals surface area contributed by atoms with E-state index in [1.165, 1.54) is 0 Å². The molecule has 0 aliphatic carbocycles. The van der Waals surface area contributed by atoms with Crippen LogP contribution >= 0.6 is 11.5 Å². The number of nitrogens with two attached hydrogens (primary N) is 1. The normalized spacial score (nSPS) is 12.6. The van der Waals surface area contributed by atoms with Gasteiger partial charge in [-0.25, -0.2) is 16.8 Å². The van der Waals surface area contributed by atoms with Gasteiger partial charge >= 0.3 is 0 Å². The predicted octanol–water partition coefficient (Wildman–Crippen LogP) is -0.0246. The monoisotopic (exact) mass is 313 g/mol. The third-order valence-corrected chi connectivity index (χ3v) is 5.99. The highest BCUT2D eigenvalue weighted by molar-refractivity contribution is 7.91. The van der Waals surface area contributed by atoms with Crippen LogP contribution < -0.4 is 11.1 Å². The van der Waals surface area contributed by atoms with E-state index >= 15 is 0 Å². The van der Waals surface area contributed by atoms with E-state index < -0.39 is 19.7 Å². The standard InChI is InChI=1S/C8H15N3O4S3/c1-3-18(14,15)5-4-10-8-6(17(2,12)13)7(9)11-16-8/h10H,3-5H2,1-2H3,(H2,9,11). The molecule has 1 heterocycles. The molecule has 0 bridgehead atoms. The van der Waals surface area contributed by atoms with Gasteiger partial charge in [-0.05, 0) is 11.5 Å².